The second kappa shape index (κ2) is 7.81. The van der Waals surface area contributed by atoms with E-state index in [4.69, 9.17) is 15.7 Å². The molecule has 0 spiro atoms. The lowest BCUT2D eigenvalue weighted by molar-refractivity contribution is -0.0561. The van der Waals surface area contributed by atoms with Crippen LogP contribution >= 0.6 is 11.8 Å². The van der Waals surface area contributed by atoms with Gasteiger partial charge in [-0.2, -0.15) is 5.26 Å². The van der Waals surface area contributed by atoms with E-state index in [1.165, 1.54) is 42.2 Å². The number of hydrogen-bond donors (Lipinski definition) is 2. The molecule has 4 rings (SSSR count). The zero-order valence-electron chi connectivity index (χ0n) is 15.4. The number of nitrogens with two attached hydrogens (primary N) is 1. The molecule has 2 aliphatic heterocycles. The van der Waals surface area contributed by atoms with Crippen molar-refractivity contribution in [2.24, 2.45) is 16.6 Å². The van der Waals surface area contributed by atoms with Gasteiger partial charge in [-0.3, -0.25) is 9.79 Å². The maximum atomic E-state index is 14.9. The fourth-order valence-corrected chi connectivity index (χ4v) is 4.80. The third kappa shape index (κ3) is 3.69. The summed E-state index contributed by atoms with van der Waals surface area (Å²) in [6, 6.07) is 9.31. The van der Waals surface area contributed by atoms with Crippen molar-refractivity contribution in [1.29, 1.82) is 5.26 Å². The van der Waals surface area contributed by atoms with E-state index in [1.54, 1.807) is 6.07 Å². The lowest BCUT2D eigenvalue weighted by atomic mass is 9.88. The number of carbonyl (C=O) groups excluding carboxylic acids is 1. The molecule has 29 heavy (non-hydrogen) atoms. The Morgan fingerprint density at radius 3 is 3.03 bits per heavy atom. The average molecular weight is 411 g/mol. The zero-order chi connectivity index (χ0) is 20.4. The van der Waals surface area contributed by atoms with Crippen molar-refractivity contribution in [3.05, 3.63) is 59.2 Å². The number of hydrogen-bond acceptors (Lipinski definition) is 7. The number of benzene rings is 1. The van der Waals surface area contributed by atoms with Crippen LogP contribution in [0, 0.1) is 23.1 Å². The van der Waals surface area contributed by atoms with E-state index in [-0.39, 0.29) is 11.6 Å². The second-order valence-corrected chi connectivity index (χ2v) is 8.06. The predicted molar refractivity (Wildman–Crippen MR) is 108 cm³/mol. The molecular formula is C20H18FN5O2S. The minimum atomic E-state index is -0.957. The van der Waals surface area contributed by atoms with Gasteiger partial charge in [-0.25, -0.2) is 9.37 Å². The average Bonchev–Trinajstić information content (AvgIpc) is 2.74. The molecule has 0 unspecified atom stereocenters. The van der Waals surface area contributed by atoms with Crippen molar-refractivity contribution in [2.45, 2.75) is 17.8 Å². The van der Waals surface area contributed by atoms with Crippen LogP contribution in [0.3, 0.4) is 0 Å². The molecule has 0 saturated carbocycles. The highest BCUT2D eigenvalue weighted by Gasteiger charge is 2.49. The van der Waals surface area contributed by atoms with E-state index in [2.05, 4.69) is 15.3 Å². The fourth-order valence-electron chi connectivity index (χ4n) is 3.59. The molecule has 1 aromatic carbocycles. The predicted octanol–water partition coefficient (Wildman–Crippen LogP) is 2.99. The number of ether oxygens (including phenoxy) is 1. The van der Waals surface area contributed by atoms with Gasteiger partial charge in [0.05, 0.1) is 5.56 Å². The molecule has 0 bridgehead atoms. The van der Waals surface area contributed by atoms with Gasteiger partial charge in [0.15, 0.2) is 10.1 Å². The third-order valence-electron chi connectivity index (χ3n) is 5.00. The van der Waals surface area contributed by atoms with Crippen molar-refractivity contribution in [3.8, 4) is 6.07 Å². The number of aliphatic imine (C=N–C) groups is 1. The standard InChI is InChI=1S/C20H18FN5O2S/c21-16-5-4-14(26-18(27)17-6-3-12(9-22)10-24-17)8-15(16)20-13(2-1-7-28-20)11-25-19(23)29-20/h3-6,8,10,13H,1-2,7,11H2,(H2,23,25)(H,26,27)/t13-,20-/m1/s1. The highest BCUT2D eigenvalue weighted by atomic mass is 32.2. The first-order valence-electron chi connectivity index (χ1n) is 9.12. The Balaban J connectivity index is 1.64. The summed E-state index contributed by atoms with van der Waals surface area (Å²) in [7, 11) is 0. The largest absolute Gasteiger partial charge is 0.378 e. The monoisotopic (exact) mass is 411 g/mol. The van der Waals surface area contributed by atoms with Gasteiger partial charge in [0.2, 0.25) is 0 Å². The summed E-state index contributed by atoms with van der Waals surface area (Å²) in [4.78, 5) is 19.8. The lowest BCUT2D eigenvalue weighted by Crippen LogP contribution is -2.45. The van der Waals surface area contributed by atoms with Crippen LogP contribution in [0.5, 0.6) is 0 Å². The number of amides is 1. The molecule has 3 heterocycles. The van der Waals surface area contributed by atoms with Gasteiger partial charge in [0, 0.05) is 36.5 Å². The van der Waals surface area contributed by atoms with Gasteiger partial charge in [-0.15, -0.1) is 0 Å². The molecule has 7 nitrogen and oxygen atoms in total. The molecule has 0 aliphatic carbocycles. The van der Waals surface area contributed by atoms with Crippen LogP contribution in [0.15, 0.2) is 41.5 Å². The molecule has 148 valence electrons. The Morgan fingerprint density at radius 2 is 2.28 bits per heavy atom. The summed E-state index contributed by atoms with van der Waals surface area (Å²) in [5.41, 5.74) is 7.22. The van der Waals surface area contributed by atoms with E-state index in [9.17, 15) is 9.18 Å². The molecule has 1 saturated heterocycles. The summed E-state index contributed by atoms with van der Waals surface area (Å²) >= 11 is 1.22. The van der Waals surface area contributed by atoms with E-state index in [0.29, 0.717) is 35.1 Å². The fraction of sp³-hybridized carbons (Fsp3) is 0.300. The number of pyridine rings is 1. The first-order valence-corrected chi connectivity index (χ1v) is 9.94. The number of thioether (sulfide) groups is 1. The molecule has 1 amide bonds. The minimum absolute atomic E-state index is 0.00538. The van der Waals surface area contributed by atoms with Crippen LogP contribution in [0.4, 0.5) is 10.1 Å². The van der Waals surface area contributed by atoms with Crippen LogP contribution in [-0.2, 0) is 9.67 Å². The normalized spacial score (nSPS) is 23.4. The van der Waals surface area contributed by atoms with Gasteiger partial charge >= 0.3 is 0 Å². The molecular weight excluding hydrogens is 393 g/mol. The Labute approximate surface area is 171 Å². The summed E-state index contributed by atoms with van der Waals surface area (Å²) in [5, 5.41) is 11.9. The quantitative estimate of drug-likeness (QED) is 0.803. The number of amidine groups is 1. The van der Waals surface area contributed by atoms with Crippen molar-refractivity contribution in [2.75, 3.05) is 18.5 Å². The van der Waals surface area contributed by atoms with E-state index < -0.39 is 16.7 Å². The van der Waals surface area contributed by atoms with Crippen molar-refractivity contribution < 1.29 is 13.9 Å². The number of nitrogens with zero attached hydrogens (tertiary/aromatic N) is 3. The van der Waals surface area contributed by atoms with Gasteiger partial charge in [0.1, 0.15) is 17.6 Å². The Hall–Kier alpha value is -2.96. The van der Waals surface area contributed by atoms with Crippen LogP contribution in [-0.4, -0.2) is 29.2 Å². The number of fused-ring (bicyclic) bond motifs is 1. The van der Waals surface area contributed by atoms with Crippen LogP contribution in [0.25, 0.3) is 0 Å². The molecule has 1 fully saturated rings. The maximum Gasteiger partial charge on any atom is 0.274 e. The van der Waals surface area contributed by atoms with Gasteiger partial charge < -0.3 is 15.8 Å². The van der Waals surface area contributed by atoms with Crippen molar-refractivity contribution in [1.82, 2.24) is 4.98 Å². The molecule has 9 heteroatoms. The van der Waals surface area contributed by atoms with Gasteiger partial charge in [-0.05, 0) is 54.9 Å². The van der Waals surface area contributed by atoms with Crippen molar-refractivity contribution >= 4 is 28.5 Å². The topological polar surface area (TPSA) is 113 Å². The van der Waals surface area contributed by atoms with E-state index in [0.717, 1.165) is 12.8 Å². The number of rotatable bonds is 3. The summed E-state index contributed by atoms with van der Waals surface area (Å²) in [5.74, 6) is -0.883. The minimum Gasteiger partial charge on any atom is -0.378 e. The number of halogens is 1. The molecule has 2 aliphatic rings. The highest BCUT2D eigenvalue weighted by molar-refractivity contribution is 8.14. The van der Waals surface area contributed by atoms with Crippen LogP contribution in [0.1, 0.15) is 34.5 Å². The SMILES string of the molecule is N#Cc1ccc(C(=O)Nc2ccc(F)c([C@@]34OCCC[C@@H]3CN=C(N)S4)c2)nc1. The Bertz CT molecular complexity index is 1020. The maximum absolute atomic E-state index is 14.9. The molecule has 1 aromatic heterocycles. The number of carbonyl (C=O) groups is 1. The van der Waals surface area contributed by atoms with E-state index in [1.807, 2.05) is 6.07 Å². The summed E-state index contributed by atoms with van der Waals surface area (Å²) in [6.45, 7) is 0.978. The molecule has 3 N–H and O–H groups in total. The van der Waals surface area contributed by atoms with Gasteiger partial charge in [-0.1, -0.05) is 0 Å². The molecule has 2 aromatic rings. The third-order valence-corrected chi connectivity index (χ3v) is 6.31. The Morgan fingerprint density at radius 1 is 1.41 bits per heavy atom. The summed E-state index contributed by atoms with van der Waals surface area (Å²) < 4.78 is 20.9. The molecule has 0 radical (unpaired) electrons. The molecule has 2 atom stereocenters. The lowest BCUT2D eigenvalue weighted by Gasteiger charge is -2.45. The second-order valence-electron chi connectivity index (χ2n) is 6.83. The van der Waals surface area contributed by atoms with Crippen LogP contribution in [0.2, 0.25) is 0 Å². The summed E-state index contributed by atoms with van der Waals surface area (Å²) in [6.07, 6.45) is 3.06. The number of nitriles is 1. The van der Waals surface area contributed by atoms with Crippen molar-refractivity contribution in [3.63, 3.8) is 0 Å². The Kier molecular flexibility index (Phi) is 5.22. The number of aromatic nitrogens is 1. The van der Waals surface area contributed by atoms with Crippen LogP contribution < -0.4 is 11.1 Å². The number of anilines is 1. The van der Waals surface area contributed by atoms with Gasteiger partial charge in [0.25, 0.3) is 5.91 Å². The zero-order valence-corrected chi connectivity index (χ0v) is 16.2. The van der Waals surface area contributed by atoms with E-state index >= 15 is 0 Å². The first kappa shape index (κ1) is 19.4. The smallest absolute Gasteiger partial charge is 0.274 e. The number of nitrogens with one attached hydrogen (secondary N) is 1. The first-order chi connectivity index (χ1) is 14.0. The highest BCUT2D eigenvalue weighted by Crippen LogP contribution is 2.51.